The molecule has 12 heavy (non-hydrogen) atoms. The summed E-state index contributed by atoms with van der Waals surface area (Å²) in [4.78, 5) is 4.15. The minimum absolute atomic E-state index is 0.101. The molecule has 1 aliphatic rings. The van der Waals surface area contributed by atoms with Gasteiger partial charge in [0.15, 0.2) is 5.82 Å². The van der Waals surface area contributed by atoms with Gasteiger partial charge < -0.3 is 9.84 Å². The Hall–Kier alpha value is -0.900. The van der Waals surface area contributed by atoms with Gasteiger partial charge in [-0.25, -0.2) is 0 Å². The molecule has 0 aliphatic carbocycles. The highest BCUT2D eigenvalue weighted by Crippen LogP contribution is 2.20. The van der Waals surface area contributed by atoms with Crippen LogP contribution in [0.25, 0.3) is 0 Å². The van der Waals surface area contributed by atoms with Crippen LogP contribution in [-0.4, -0.2) is 23.2 Å². The molecule has 1 aliphatic heterocycles. The molecule has 0 aromatic carbocycles. The summed E-state index contributed by atoms with van der Waals surface area (Å²) in [5, 5.41) is 6.99. The minimum atomic E-state index is 0.101. The first kappa shape index (κ1) is 6.60. The predicted octanol–water partition coefficient (Wildman–Crippen LogP) is 0.845. The van der Waals surface area contributed by atoms with Crippen molar-refractivity contribution >= 4 is 0 Å². The van der Waals surface area contributed by atoms with E-state index in [9.17, 15) is 0 Å². The van der Waals surface area contributed by atoms with Crippen molar-refractivity contribution in [2.24, 2.45) is 0 Å². The Labute approximate surface area is 72.8 Å². The van der Waals surface area contributed by atoms with Gasteiger partial charge in [0.05, 0.1) is 5.92 Å². The fourth-order valence-electron chi connectivity index (χ4n) is 1.50. The van der Waals surface area contributed by atoms with Gasteiger partial charge in [-0.15, -0.1) is 0 Å². The van der Waals surface area contributed by atoms with Crippen molar-refractivity contribution in [1.82, 2.24) is 15.5 Å². The third kappa shape index (κ3) is 1.48. The lowest BCUT2D eigenvalue weighted by molar-refractivity contribution is 0.321. The number of aryl methyl sites for hydroxylation is 1. The largest absolute Gasteiger partial charge is 0.339 e. The lowest BCUT2D eigenvalue weighted by atomic mass is 10.00. The average Bonchev–Trinajstić information content (AvgIpc) is 2.67. The second kappa shape index (κ2) is 3.23. The summed E-state index contributed by atoms with van der Waals surface area (Å²) in [6, 6.07) is 0. The Kier molecular flexibility index (Phi) is 1.77. The van der Waals surface area contributed by atoms with Crippen LogP contribution in [0.2, 0.25) is 0 Å². The normalized spacial score (nSPS) is 25.3. The predicted molar refractivity (Wildman–Crippen MR) is 43.9 cm³/mol. The number of hydrogen-bond donors (Lipinski definition) is 1. The first-order valence-electron chi connectivity index (χ1n) is 4.93. The summed E-state index contributed by atoms with van der Waals surface area (Å²) >= 11 is 0. The molecular formula is C8H13N3O. The maximum absolute atomic E-state index is 7.07. The van der Waals surface area contributed by atoms with Gasteiger partial charge in [-0.3, -0.25) is 0 Å². The molecule has 4 nitrogen and oxygen atoms in total. The molecule has 0 radical (unpaired) electrons. The van der Waals surface area contributed by atoms with E-state index < -0.39 is 0 Å². The molecule has 1 N–H and O–H groups in total. The number of rotatable bonds is 1. The summed E-state index contributed by atoms with van der Waals surface area (Å²) in [5.41, 5.74) is 0. The van der Waals surface area contributed by atoms with E-state index in [-0.39, 0.29) is 6.90 Å². The standard InChI is InChI=1S/C8H13N3O/c1-6-10-8(12-11-6)7-3-2-4-9-5-7/h7,9H,2-5H2,1H3/i1D. The zero-order valence-electron chi connectivity index (χ0n) is 7.92. The molecule has 1 saturated heterocycles. The molecule has 2 rings (SSSR count). The van der Waals surface area contributed by atoms with Gasteiger partial charge in [-0.1, -0.05) is 5.16 Å². The van der Waals surface area contributed by atoms with Gasteiger partial charge in [0.1, 0.15) is 0 Å². The van der Waals surface area contributed by atoms with Crippen LogP contribution in [0.1, 0.15) is 31.8 Å². The molecular weight excluding hydrogens is 154 g/mol. The smallest absolute Gasteiger partial charge is 0.231 e. The Bertz CT molecular complexity index is 270. The van der Waals surface area contributed by atoms with Crippen molar-refractivity contribution in [2.75, 3.05) is 13.1 Å². The van der Waals surface area contributed by atoms with Crippen molar-refractivity contribution in [2.45, 2.75) is 25.7 Å². The molecule has 0 saturated carbocycles. The van der Waals surface area contributed by atoms with Gasteiger partial charge in [0.2, 0.25) is 5.89 Å². The lowest BCUT2D eigenvalue weighted by Gasteiger charge is -2.18. The van der Waals surface area contributed by atoms with Crippen LogP contribution in [-0.2, 0) is 0 Å². The number of piperidine rings is 1. The summed E-state index contributed by atoms with van der Waals surface area (Å²) in [5.74, 6) is 1.52. The number of hydrogen-bond acceptors (Lipinski definition) is 4. The van der Waals surface area contributed by atoms with Crippen molar-refractivity contribution in [3.05, 3.63) is 11.7 Å². The molecule has 4 heteroatoms. The highest BCUT2D eigenvalue weighted by molar-refractivity contribution is 4.95. The summed E-state index contributed by atoms with van der Waals surface area (Å²) in [7, 11) is 0. The zero-order valence-corrected chi connectivity index (χ0v) is 6.92. The maximum Gasteiger partial charge on any atom is 0.231 e. The van der Waals surface area contributed by atoms with Crippen molar-refractivity contribution in [3.8, 4) is 0 Å². The first-order valence-corrected chi connectivity index (χ1v) is 4.22. The Morgan fingerprint density at radius 3 is 3.42 bits per heavy atom. The molecule has 1 aromatic heterocycles. The minimum Gasteiger partial charge on any atom is -0.339 e. The van der Waals surface area contributed by atoms with Crippen LogP contribution < -0.4 is 5.32 Å². The molecule has 0 bridgehead atoms. The van der Waals surface area contributed by atoms with E-state index in [1.807, 2.05) is 0 Å². The molecule has 66 valence electrons. The first-order chi connectivity index (χ1) is 6.40. The monoisotopic (exact) mass is 168 g/mol. The summed E-state index contributed by atoms with van der Waals surface area (Å²) in [6.45, 7) is 2.10. The Balaban J connectivity index is 2.05. The van der Waals surface area contributed by atoms with Crippen LogP contribution in [0.3, 0.4) is 0 Å². The molecule has 1 atom stereocenters. The quantitative estimate of drug-likeness (QED) is 0.675. The highest BCUT2D eigenvalue weighted by Gasteiger charge is 2.20. The van der Waals surface area contributed by atoms with E-state index in [0.29, 0.717) is 17.6 Å². The van der Waals surface area contributed by atoms with Crippen LogP contribution in [0.5, 0.6) is 0 Å². The topological polar surface area (TPSA) is 51.0 Å². The van der Waals surface area contributed by atoms with E-state index in [1.54, 1.807) is 0 Å². The fraction of sp³-hybridized carbons (Fsp3) is 0.750. The van der Waals surface area contributed by atoms with Crippen molar-refractivity contribution in [3.63, 3.8) is 0 Å². The van der Waals surface area contributed by atoms with E-state index in [2.05, 4.69) is 15.5 Å². The molecule has 1 aromatic rings. The van der Waals surface area contributed by atoms with Crippen molar-refractivity contribution < 1.29 is 5.89 Å². The zero-order chi connectivity index (χ0) is 9.10. The maximum atomic E-state index is 7.07. The Morgan fingerprint density at radius 2 is 2.75 bits per heavy atom. The van der Waals surface area contributed by atoms with Crippen LogP contribution in [0, 0.1) is 6.90 Å². The van der Waals surface area contributed by atoms with Gasteiger partial charge in [-0.05, 0) is 26.3 Å². The molecule has 0 amide bonds. The van der Waals surface area contributed by atoms with E-state index in [1.165, 1.54) is 0 Å². The van der Waals surface area contributed by atoms with Crippen LogP contribution in [0.15, 0.2) is 4.52 Å². The molecule has 2 heterocycles. The summed E-state index contributed by atoms with van der Waals surface area (Å²) in [6.07, 6.45) is 2.26. The second-order valence-corrected chi connectivity index (χ2v) is 3.09. The third-order valence-corrected chi connectivity index (χ3v) is 2.13. The molecule has 0 spiro atoms. The highest BCUT2D eigenvalue weighted by atomic mass is 16.5. The van der Waals surface area contributed by atoms with E-state index in [4.69, 9.17) is 5.89 Å². The second-order valence-electron chi connectivity index (χ2n) is 3.09. The number of aromatic nitrogens is 2. The average molecular weight is 168 g/mol. The van der Waals surface area contributed by atoms with Crippen LogP contribution in [0.4, 0.5) is 0 Å². The van der Waals surface area contributed by atoms with E-state index >= 15 is 0 Å². The lowest BCUT2D eigenvalue weighted by Crippen LogP contribution is -2.28. The Morgan fingerprint density at radius 1 is 1.75 bits per heavy atom. The van der Waals surface area contributed by atoms with Gasteiger partial charge >= 0.3 is 0 Å². The van der Waals surface area contributed by atoms with Gasteiger partial charge in [-0.2, -0.15) is 4.98 Å². The third-order valence-electron chi connectivity index (χ3n) is 2.13. The molecule has 1 unspecified atom stereocenters. The van der Waals surface area contributed by atoms with Gasteiger partial charge in [0, 0.05) is 7.92 Å². The summed E-state index contributed by atoms with van der Waals surface area (Å²) < 4.78 is 12.1. The fourth-order valence-corrected chi connectivity index (χ4v) is 1.50. The van der Waals surface area contributed by atoms with E-state index in [0.717, 1.165) is 25.9 Å². The number of nitrogens with zero attached hydrogens (tertiary/aromatic N) is 2. The van der Waals surface area contributed by atoms with Crippen LogP contribution >= 0.6 is 0 Å². The SMILES string of the molecule is [2H]Cc1noc(C2CCCNC2)n1. The van der Waals surface area contributed by atoms with Gasteiger partial charge in [0.25, 0.3) is 0 Å². The van der Waals surface area contributed by atoms with Crippen molar-refractivity contribution in [1.29, 1.82) is 0 Å². The number of nitrogens with one attached hydrogen (secondary N) is 1. The molecule has 1 fully saturated rings.